The molecular weight excluding hydrogens is 178 g/mol. The Labute approximate surface area is 83.0 Å². The van der Waals surface area contributed by atoms with Gasteiger partial charge in [-0.05, 0) is 12.0 Å². The molecule has 14 heavy (non-hydrogen) atoms. The van der Waals surface area contributed by atoms with Gasteiger partial charge in [-0.15, -0.1) is 0 Å². The van der Waals surface area contributed by atoms with Crippen LogP contribution in [0.1, 0.15) is 12.0 Å². The van der Waals surface area contributed by atoms with Crippen molar-refractivity contribution in [1.82, 2.24) is 0 Å². The van der Waals surface area contributed by atoms with Crippen molar-refractivity contribution < 1.29 is 9.94 Å². The van der Waals surface area contributed by atoms with Gasteiger partial charge in [0.15, 0.2) is 0 Å². The van der Waals surface area contributed by atoms with Crippen molar-refractivity contribution in [2.24, 2.45) is 11.1 Å². The Kier molecular flexibility index (Phi) is 2.79. The highest BCUT2D eigenvalue weighted by Gasteiger charge is 2.23. The molecular formula is C11H13NO2. The van der Waals surface area contributed by atoms with Crippen LogP contribution in [0.2, 0.25) is 0 Å². The molecule has 0 aliphatic carbocycles. The monoisotopic (exact) mass is 191 g/mol. The van der Waals surface area contributed by atoms with Crippen molar-refractivity contribution in [3.05, 3.63) is 35.9 Å². The van der Waals surface area contributed by atoms with E-state index >= 15 is 0 Å². The Morgan fingerprint density at radius 1 is 1.36 bits per heavy atom. The topological polar surface area (TPSA) is 41.8 Å². The van der Waals surface area contributed by atoms with Gasteiger partial charge in [0.2, 0.25) is 0 Å². The first kappa shape index (κ1) is 9.21. The van der Waals surface area contributed by atoms with E-state index in [0.29, 0.717) is 6.61 Å². The number of benzene rings is 1. The zero-order valence-corrected chi connectivity index (χ0v) is 7.89. The largest absolute Gasteiger partial charge is 0.411 e. The maximum atomic E-state index is 8.97. The van der Waals surface area contributed by atoms with Crippen molar-refractivity contribution in [2.75, 3.05) is 13.2 Å². The summed E-state index contributed by atoms with van der Waals surface area (Å²) in [6.45, 7) is 1.42. The van der Waals surface area contributed by atoms with E-state index in [1.807, 2.05) is 30.3 Å². The van der Waals surface area contributed by atoms with E-state index in [1.165, 1.54) is 0 Å². The van der Waals surface area contributed by atoms with Crippen LogP contribution < -0.4 is 0 Å². The summed E-state index contributed by atoms with van der Waals surface area (Å²) >= 11 is 0. The molecule has 3 heteroatoms. The first-order valence-electron chi connectivity index (χ1n) is 4.77. The van der Waals surface area contributed by atoms with Gasteiger partial charge in [-0.25, -0.2) is 0 Å². The fourth-order valence-corrected chi connectivity index (χ4v) is 1.73. The molecule has 74 valence electrons. The van der Waals surface area contributed by atoms with Crippen molar-refractivity contribution in [3.8, 4) is 0 Å². The molecule has 1 atom stereocenters. The van der Waals surface area contributed by atoms with Crippen molar-refractivity contribution >= 4 is 5.71 Å². The fraction of sp³-hybridized carbons (Fsp3) is 0.364. The highest BCUT2D eigenvalue weighted by Crippen LogP contribution is 2.18. The number of ether oxygens (including phenoxy) is 1. The summed E-state index contributed by atoms with van der Waals surface area (Å²) in [5.74, 6) is 0.238. The molecule has 1 N–H and O–H groups in total. The Hall–Kier alpha value is -1.35. The fourth-order valence-electron chi connectivity index (χ4n) is 1.73. The second-order valence-corrected chi connectivity index (χ2v) is 3.41. The predicted molar refractivity (Wildman–Crippen MR) is 53.7 cm³/mol. The Bertz CT molecular complexity index is 315. The lowest BCUT2D eigenvalue weighted by Crippen LogP contribution is -2.15. The molecule has 3 nitrogen and oxygen atoms in total. The minimum Gasteiger partial charge on any atom is -0.411 e. The lowest BCUT2D eigenvalue weighted by atomic mass is 9.96. The van der Waals surface area contributed by atoms with Crippen molar-refractivity contribution in [2.45, 2.75) is 6.42 Å². The van der Waals surface area contributed by atoms with Crippen molar-refractivity contribution in [3.63, 3.8) is 0 Å². The van der Waals surface area contributed by atoms with Gasteiger partial charge >= 0.3 is 0 Å². The smallest absolute Gasteiger partial charge is 0.0922 e. The summed E-state index contributed by atoms with van der Waals surface area (Å²) < 4.78 is 5.27. The number of hydrogen-bond acceptors (Lipinski definition) is 3. The summed E-state index contributed by atoms with van der Waals surface area (Å²) in [6.07, 6.45) is 0.939. The van der Waals surface area contributed by atoms with Gasteiger partial charge in [0.1, 0.15) is 0 Å². The molecule has 1 fully saturated rings. The number of hydrogen-bond donors (Lipinski definition) is 1. The summed E-state index contributed by atoms with van der Waals surface area (Å²) in [4.78, 5) is 0. The average molecular weight is 191 g/mol. The Morgan fingerprint density at radius 3 is 2.71 bits per heavy atom. The van der Waals surface area contributed by atoms with Gasteiger partial charge in [-0.3, -0.25) is 0 Å². The van der Waals surface area contributed by atoms with E-state index < -0.39 is 0 Å². The summed E-state index contributed by atoms with van der Waals surface area (Å²) in [7, 11) is 0. The molecule has 1 aromatic rings. The second kappa shape index (κ2) is 4.24. The zero-order chi connectivity index (χ0) is 9.80. The first-order valence-corrected chi connectivity index (χ1v) is 4.77. The minimum atomic E-state index is 0.238. The molecule has 0 spiro atoms. The van der Waals surface area contributed by atoms with Crippen LogP contribution in [0.25, 0.3) is 0 Å². The van der Waals surface area contributed by atoms with Crippen LogP contribution in [0.4, 0.5) is 0 Å². The van der Waals surface area contributed by atoms with Crippen LogP contribution >= 0.6 is 0 Å². The van der Waals surface area contributed by atoms with Gasteiger partial charge in [0.05, 0.1) is 12.3 Å². The zero-order valence-electron chi connectivity index (χ0n) is 7.89. The molecule has 2 rings (SSSR count). The highest BCUT2D eigenvalue weighted by molar-refractivity contribution is 6.02. The van der Waals surface area contributed by atoms with Gasteiger partial charge in [0.25, 0.3) is 0 Å². The molecule has 1 heterocycles. The van der Waals surface area contributed by atoms with Gasteiger partial charge in [-0.1, -0.05) is 35.5 Å². The standard InChI is InChI=1S/C11H13NO2/c13-12-11(10-6-7-14-8-10)9-4-2-1-3-5-9/h1-5,10,13H,6-8H2/b12-11+. The van der Waals surface area contributed by atoms with Gasteiger partial charge in [0, 0.05) is 12.5 Å². The first-order chi connectivity index (χ1) is 6.92. The van der Waals surface area contributed by atoms with Crippen LogP contribution in [0.15, 0.2) is 35.5 Å². The van der Waals surface area contributed by atoms with Crippen molar-refractivity contribution in [1.29, 1.82) is 0 Å². The van der Waals surface area contributed by atoms with Crippen LogP contribution in [-0.2, 0) is 4.74 Å². The third-order valence-electron chi connectivity index (χ3n) is 2.49. The molecule has 0 bridgehead atoms. The van der Waals surface area contributed by atoms with Gasteiger partial charge in [-0.2, -0.15) is 0 Å². The van der Waals surface area contributed by atoms with E-state index in [4.69, 9.17) is 9.94 Å². The molecule has 1 aliphatic heterocycles. The molecule has 0 aromatic heterocycles. The maximum absolute atomic E-state index is 8.97. The molecule has 0 radical (unpaired) electrons. The normalized spacial score (nSPS) is 22.6. The van der Waals surface area contributed by atoms with E-state index in [-0.39, 0.29) is 5.92 Å². The third kappa shape index (κ3) is 1.77. The number of oxime groups is 1. The molecule has 0 amide bonds. The molecule has 0 saturated carbocycles. The lowest BCUT2D eigenvalue weighted by Gasteiger charge is -2.09. The van der Waals surface area contributed by atoms with E-state index in [1.54, 1.807) is 0 Å². The molecule has 1 saturated heterocycles. The third-order valence-corrected chi connectivity index (χ3v) is 2.49. The van der Waals surface area contributed by atoms with Gasteiger partial charge < -0.3 is 9.94 Å². The van der Waals surface area contributed by atoms with E-state index in [9.17, 15) is 0 Å². The SMILES string of the molecule is O/N=C(\c1ccccc1)C1CCOC1. The minimum absolute atomic E-state index is 0.238. The summed E-state index contributed by atoms with van der Waals surface area (Å²) in [5, 5.41) is 12.3. The summed E-state index contributed by atoms with van der Waals surface area (Å²) in [6, 6.07) is 9.73. The number of rotatable bonds is 2. The van der Waals surface area contributed by atoms with Crippen LogP contribution in [0.5, 0.6) is 0 Å². The van der Waals surface area contributed by atoms with Crippen LogP contribution in [-0.4, -0.2) is 24.1 Å². The Morgan fingerprint density at radius 2 is 2.14 bits per heavy atom. The molecule has 1 aliphatic rings. The van der Waals surface area contributed by atoms with Crippen LogP contribution in [0, 0.1) is 5.92 Å². The quantitative estimate of drug-likeness (QED) is 0.440. The highest BCUT2D eigenvalue weighted by atomic mass is 16.5. The molecule has 1 aromatic carbocycles. The average Bonchev–Trinajstić information content (AvgIpc) is 2.74. The lowest BCUT2D eigenvalue weighted by molar-refractivity contribution is 0.192. The second-order valence-electron chi connectivity index (χ2n) is 3.41. The van der Waals surface area contributed by atoms with E-state index in [0.717, 1.165) is 24.3 Å². The maximum Gasteiger partial charge on any atom is 0.0922 e. The summed E-state index contributed by atoms with van der Waals surface area (Å²) in [5.41, 5.74) is 1.72. The number of nitrogens with zero attached hydrogens (tertiary/aromatic N) is 1. The Balaban J connectivity index is 2.22. The predicted octanol–water partition coefficient (Wildman–Crippen LogP) is 1.90. The van der Waals surface area contributed by atoms with E-state index in [2.05, 4.69) is 5.16 Å². The van der Waals surface area contributed by atoms with Crippen LogP contribution in [0.3, 0.4) is 0 Å². The molecule has 1 unspecified atom stereocenters.